The number of nitrogens with zero attached hydrogens (tertiary/aromatic N) is 2. The van der Waals surface area contributed by atoms with Gasteiger partial charge in [0.25, 0.3) is 11.8 Å². The molecule has 0 bridgehead atoms. The fraction of sp³-hybridized carbons (Fsp3) is 0.542. The van der Waals surface area contributed by atoms with Gasteiger partial charge in [-0.25, -0.2) is 4.79 Å². The van der Waals surface area contributed by atoms with Crippen molar-refractivity contribution in [1.29, 1.82) is 0 Å². The minimum atomic E-state index is -1.03. The van der Waals surface area contributed by atoms with Crippen molar-refractivity contribution in [2.45, 2.75) is 64.4 Å². The van der Waals surface area contributed by atoms with Crippen LogP contribution in [0.1, 0.15) is 61.3 Å². The molecule has 11 heteroatoms. The molecule has 0 radical (unpaired) electrons. The first-order valence-electron chi connectivity index (χ1n) is 11.5. The molecular weight excluding hydrogens is 458 g/mol. The Morgan fingerprint density at radius 3 is 2.51 bits per heavy atom. The van der Waals surface area contributed by atoms with Crippen LogP contribution in [0.3, 0.4) is 0 Å². The van der Waals surface area contributed by atoms with Gasteiger partial charge < -0.3 is 19.1 Å². The van der Waals surface area contributed by atoms with E-state index in [1.807, 2.05) is 6.92 Å². The van der Waals surface area contributed by atoms with E-state index in [4.69, 9.17) is 14.2 Å². The molecule has 3 aliphatic rings. The quantitative estimate of drug-likeness (QED) is 0.632. The lowest BCUT2D eigenvalue weighted by molar-refractivity contribution is -0.136. The van der Waals surface area contributed by atoms with Crippen molar-refractivity contribution in [2.75, 3.05) is 19.7 Å². The summed E-state index contributed by atoms with van der Waals surface area (Å²) in [6, 6.07) is 3.48. The Bertz CT molecular complexity index is 1080. The van der Waals surface area contributed by atoms with Gasteiger partial charge in [0.15, 0.2) is 0 Å². The predicted octanol–water partition coefficient (Wildman–Crippen LogP) is 1.49. The molecule has 188 valence electrons. The van der Waals surface area contributed by atoms with Crippen LogP contribution in [0.2, 0.25) is 0 Å². The number of hydrogen-bond donors (Lipinski definition) is 1. The molecule has 1 aromatic carbocycles. The number of ether oxygens (including phenoxy) is 3. The summed E-state index contributed by atoms with van der Waals surface area (Å²) in [4.78, 5) is 64.4. The van der Waals surface area contributed by atoms with Crippen LogP contribution in [0.25, 0.3) is 0 Å². The number of rotatable bonds is 4. The van der Waals surface area contributed by atoms with Crippen molar-refractivity contribution in [1.82, 2.24) is 15.1 Å². The largest absolute Gasteiger partial charge is 0.491 e. The van der Waals surface area contributed by atoms with Crippen LogP contribution in [-0.4, -0.2) is 83.1 Å². The summed E-state index contributed by atoms with van der Waals surface area (Å²) in [5.74, 6) is -1.93. The molecule has 1 unspecified atom stereocenters. The molecule has 2 fully saturated rings. The van der Waals surface area contributed by atoms with Crippen LogP contribution in [0.5, 0.6) is 5.75 Å². The topological polar surface area (TPSA) is 132 Å². The molecule has 0 spiro atoms. The van der Waals surface area contributed by atoms with Gasteiger partial charge in [-0.15, -0.1) is 0 Å². The minimum Gasteiger partial charge on any atom is -0.491 e. The maximum Gasteiger partial charge on any atom is 0.410 e. The van der Waals surface area contributed by atoms with Gasteiger partial charge in [0.2, 0.25) is 11.8 Å². The lowest BCUT2D eigenvalue weighted by Crippen LogP contribution is -2.54. The summed E-state index contributed by atoms with van der Waals surface area (Å²) in [6.45, 7) is 8.06. The number of amides is 5. The summed E-state index contributed by atoms with van der Waals surface area (Å²) in [5, 5.41) is 2.17. The summed E-state index contributed by atoms with van der Waals surface area (Å²) in [7, 11) is 0. The second kappa shape index (κ2) is 9.29. The van der Waals surface area contributed by atoms with E-state index >= 15 is 0 Å². The number of fused-ring (bicyclic) bond motifs is 1. The highest BCUT2D eigenvalue weighted by Gasteiger charge is 2.44. The van der Waals surface area contributed by atoms with Crippen LogP contribution in [-0.2, 0) is 19.1 Å². The third-order valence-electron chi connectivity index (χ3n) is 5.83. The Kier molecular flexibility index (Phi) is 6.54. The highest BCUT2D eigenvalue weighted by molar-refractivity contribution is 6.23. The Labute approximate surface area is 202 Å². The number of hydrogen-bond acceptors (Lipinski definition) is 8. The van der Waals surface area contributed by atoms with E-state index in [1.165, 1.54) is 12.1 Å². The number of piperidine rings is 1. The first-order valence-corrected chi connectivity index (χ1v) is 11.5. The molecule has 1 aromatic rings. The van der Waals surface area contributed by atoms with E-state index in [2.05, 4.69) is 5.32 Å². The van der Waals surface area contributed by atoms with Crippen LogP contribution in [0.15, 0.2) is 18.2 Å². The van der Waals surface area contributed by atoms with Crippen molar-refractivity contribution in [3.8, 4) is 5.75 Å². The molecule has 11 nitrogen and oxygen atoms in total. The number of nitrogens with one attached hydrogen (secondary N) is 1. The number of carbonyl (C=O) groups is 5. The van der Waals surface area contributed by atoms with E-state index in [-0.39, 0.29) is 43.2 Å². The fourth-order valence-corrected chi connectivity index (χ4v) is 4.34. The highest BCUT2D eigenvalue weighted by Crippen LogP contribution is 2.30. The molecule has 0 aromatic heterocycles. The third kappa shape index (κ3) is 5.29. The molecule has 3 atom stereocenters. The second-order valence-electron chi connectivity index (χ2n) is 9.92. The number of imide groups is 2. The molecular formula is C24H29N3O8. The molecule has 2 saturated heterocycles. The van der Waals surface area contributed by atoms with E-state index < -0.39 is 47.5 Å². The average molecular weight is 488 g/mol. The van der Waals surface area contributed by atoms with Gasteiger partial charge in [-0.05, 0) is 52.3 Å². The van der Waals surface area contributed by atoms with E-state index in [9.17, 15) is 24.0 Å². The third-order valence-corrected chi connectivity index (χ3v) is 5.83. The number of benzene rings is 1. The van der Waals surface area contributed by atoms with Crippen molar-refractivity contribution in [3.05, 3.63) is 29.3 Å². The zero-order valence-electron chi connectivity index (χ0n) is 20.2. The molecule has 5 amide bonds. The summed E-state index contributed by atoms with van der Waals surface area (Å²) in [6.07, 6.45) is -0.917. The summed E-state index contributed by atoms with van der Waals surface area (Å²) >= 11 is 0. The Morgan fingerprint density at radius 1 is 1.11 bits per heavy atom. The zero-order valence-corrected chi connectivity index (χ0v) is 20.2. The van der Waals surface area contributed by atoms with Crippen LogP contribution >= 0.6 is 0 Å². The van der Waals surface area contributed by atoms with E-state index in [1.54, 1.807) is 31.7 Å². The van der Waals surface area contributed by atoms with Gasteiger partial charge in [-0.2, -0.15) is 0 Å². The van der Waals surface area contributed by atoms with E-state index in [0.717, 1.165) is 4.90 Å². The predicted molar refractivity (Wildman–Crippen MR) is 121 cm³/mol. The van der Waals surface area contributed by atoms with Crippen LogP contribution in [0, 0.1) is 0 Å². The lowest BCUT2D eigenvalue weighted by atomic mass is 10.0. The first-order chi connectivity index (χ1) is 16.4. The van der Waals surface area contributed by atoms with Gasteiger partial charge in [-0.3, -0.25) is 29.4 Å². The van der Waals surface area contributed by atoms with Crippen molar-refractivity contribution in [2.24, 2.45) is 0 Å². The molecule has 3 aliphatic heterocycles. The Hall–Kier alpha value is -3.47. The minimum absolute atomic E-state index is 0.0539. The van der Waals surface area contributed by atoms with Gasteiger partial charge >= 0.3 is 6.09 Å². The maximum atomic E-state index is 13.0. The van der Waals surface area contributed by atoms with Crippen LogP contribution < -0.4 is 10.1 Å². The molecule has 1 N–H and O–H groups in total. The summed E-state index contributed by atoms with van der Waals surface area (Å²) < 4.78 is 17.2. The highest BCUT2D eigenvalue weighted by atomic mass is 16.6. The zero-order chi connectivity index (χ0) is 25.5. The normalized spacial score (nSPS) is 24.9. The number of carbonyl (C=O) groups excluding carboxylic acids is 5. The lowest BCUT2D eigenvalue weighted by Gasteiger charge is -2.37. The monoisotopic (exact) mass is 487 g/mol. The first kappa shape index (κ1) is 24.6. The van der Waals surface area contributed by atoms with Gasteiger partial charge in [-0.1, -0.05) is 0 Å². The smallest absolute Gasteiger partial charge is 0.410 e. The van der Waals surface area contributed by atoms with Gasteiger partial charge in [0, 0.05) is 6.42 Å². The van der Waals surface area contributed by atoms with Gasteiger partial charge in [0.1, 0.15) is 30.1 Å². The fourth-order valence-electron chi connectivity index (χ4n) is 4.34. The molecule has 0 aliphatic carbocycles. The van der Waals surface area contributed by atoms with Crippen LogP contribution in [0.4, 0.5) is 4.79 Å². The van der Waals surface area contributed by atoms with Crippen molar-refractivity contribution < 1.29 is 38.2 Å². The van der Waals surface area contributed by atoms with E-state index in [0.29, 0.717) is 12.3 Å². The van der Waals surface area contributed by atoms with Crippen molar-refractivity contribution in [3.63, 3.8) is 0 Å². The Balaban J connectivity index is 1.41. The molecule has 4 rings (SSSR count). The maximum absolute atomic E-state index is 13.0. The second-order valence-corrected chi connectivity index (χ2v) is 9.92. The Morgan fingerprint density at radius 2 is 1.83 bits per heavy atom. The average Bonchev–Trinajstić information content (AvgIpc) is 3.01. The standard InChI is InChI=1S/C24H29N3O8/c1-13-10-26(23(32)35-24(2,3)4)11-15(34-13)12-33-14-5-6-16-17(9-14)22(31)27(21(16)30)18-7-8-19(28)25-20(18)29/h5-6,9,13,15,18H,7-8,10-12H2,1-4H3,(H,25,28,29)/t13-,15+,18?/m1/s1. The summed E-state index contributed by atoms with van der Waals surface area (Å²) in [5.41, 5.74) is -0.308. The van der Waals surface area contributed by atoms with Gasteiger partial charge in [0.05, 0.1) is 30.3 Å². The number of morpholine rings is 1. The SMILES string of the molecule is C[C@@H]1CN(C(=O)OC(C)(C)C)C[C@@H](COc2ccc3c(c2)C(=O)N(C2CCC(=O)NC2=O)C3=O)O1. The molecule has 0 saturated carbocycles. The van der Waals surface area contributed by atoms with Crippen molar-refractivity contribution >= 4 is 29.7 Å². The molecule has 3 heterocycles. The molecule has 35 heavy (non-hydrogen) atoms.